The Balaban J connectivity index is 3.79. The summed E-state index contributed by atoms with van der Waals surface area (Å²) in [5.41, 5.74) is 0. The van der Waals surface area contributed by atoms with Crippen LogP contribution in [0.15, 0.2) is 12.7 Å². The first-order valence-electron chi connectivity index (χ1n) is 6.15. The van der Waals surface area contributed by atoms with E-state index >= 15 is 0 Å². The van der Waals surface area contributed by atoms with Crippen LogP contribution in [0.1, 0.15) is 46.0 Å². The summed E-state index contributed by atoms with van der Waals surface area (Å²) < 4.78 is 10.6. The fourth-order valence-corrected chi connectivity index (χ4v) is 1.36. The molecule has 0 rings (SSSR count). The van der Waals surface area contributed by atoms with Crippen molar-refractivity contribution in [2.75, 3.05) is 13.2 Å². The Labute approximate surface area is 98.8 Å². The van der Waals surface area contributed by atoms with Gasteiger partial charge in [-0.25, -0.2) is 4.79 Å². The van der Waals surface area contributed by atoms with Crippen LogP contribution < -0.4 is 0 Å². The van der Waals surface area contributed by atoms with Crippen LogP contribution in [0, 0.1) is 0 Å². The van der Waals surface area contributed by atoms with E-state index < -0.39 is 0 Å². The molecule has 3 heteroatoms. The van der Waals surface area contributed by atoms with Gasteiger partial charge in [0.2, 0.25) is 0 Å². The molecule has 0 aromatic heterocycles. The van der Waals surface area contributed by atoms with E-state index in [1.807, 2.05) is 0 Å². The molecule has 0 heterocycles. The highest BCUT2D eigenvalue weighted by Gasteiger charge is 2.10. The van der Waals surface area contributed by atoms with Crippen molar-refractivity contribution in [2.45, 2.75) is 52.1 Å². The maximum Gasteiger partial charge on any atom is 0.330 e. The van der Waals surface area contributed by atoms with Crippen molar-refractivity contribution in [3.63, 3.8) is 0 Å². The van der Waals surface area contributed by atoms with E-state index in [4.69, 9.17) is 9.47 Å². The first-order valence-corrected chi connectivity index (χ1v) is 6.15. The summed E-state index contributed by atoms with van der Waals surface area (Å²) >= 11 is 0. The fraction of sp³-hybridized carbons (Fsp3) is 0.769. The maximum atomic E-state index is 10.9. The number of rotatable bonds is 10. The van der Waals surface area contributed by atoms with Crippen LogP contribution in [-0.2, 0) is 14.3 Å². The Morgan fingerprint density at radius 2 is 2.06 bits per heavy atom. The quantitative estimate of drug-likeness (QED) is 0.327. The predicted octanol–water partition coefficient (Wildman–Crippen LogP) is 3.09. The minimum absolute atomic E-state index is 0.0374. The van der Waals surface area contributed by atoms with Crippen LogP contribution in [0.5, 0.6) is 0 Å². The topological polar surface area (TPSA) is 35.5 Å². The molecule has 0 N–H and O–H groups in total. The van der Waals surface area contributed by atoms with Gasteiger partial charge in [0, 0.05) is 12.7 Å². The van der Waals surface area contributed by atoms with Gasteiger partial charge < -0.3 is 9.47 Å². The summed E-state index contributed by atoms with van der Waals surface area (Å²) in [6, 6.07) is 0. The summed E-state index contributed by atoms with van der Waals surface area (Å²) in [4.78, 5) is 10.9. The van der Waals surface area contributed by atoms with Gasteiger partial charge >= 0.3 is 5.97 Å². The Morgan fingerprint density at radius 1 is 1.31 bits per heavy atom. The zero-order valence-electron chi connectivity index (χ0n) is 10.5. The highest BCUT2D eigenvalue weighted by molar-refractivity contribution is 5.81. The Bertz CT molecular complexity index is 190. The van der Waals surface area contributed by atoms with Gasteiger partial charge in [-0.2, -0.15) is 0 Å². The van der Waals surface area contributed by atoms with Gasteiger partial charge in [-0.1, -0.05) is 39.7 Å². The average Bonchev–Trinajstić information content (AvgIpc) is 2.31. The van der Waals surface area contributed by atoms with Crippen molar-refractivity contribution < 1.29 is 14.3 Å². The first kappa shape index (κ1) is 15.2. The molecule has 0 spiro atoms. The van der Waals surface area contributed by atoms with E-state index in [0.29, 0.717) is 6.61 Å². The van der Waals surface area contributed by atoms with E-state index in [9.17, 15) is 4.79 Å². The monoisotopic (exact) mass is 228 g/mol. The molecule has 0 radical (unpaired) electrons. The van der Waals surface area contributed by atoms with E-state index in [0.717, 1.165) is 25.9 Å². The second-order valence-corrected chi connectivity index (χ2v) is 3.82. The number of unbranched alkanes of at least 4 members (excludes halogenated alkanes) is 2. The largest absolute Gasteiger partial charge is 0.460 e. The molecule has 1 atom stereocenters. The SMILES string of the molecule is C=CC(=O)OCC(CCCCC)OCCC. The lowest BCUT2D eigenvalue weighted by molar-refractivity contribution is -0.142. The summed E-state index contributed by atoms with van der Waals surface area (Å²) in [7, 11) is 0. The average molecular weight is 228 g/mol. The molecule has 0 aliphatic rings. The van der Waals surface area contributed by atoms with Gasteiger partial charge in [-0.3, -0.25) is 0 Å². The minimum atomic E-state index is -0.374. The molecule has 16 heavy (non-hydrogen) atoms. The molecule has 1 unspecified atom stereocenters. The third kappa shape index (κ3) is 8.48. The third-order valence-electron chi connectivity index (χ3n) is 2.27. The number of carbonyl (C=O) groups is 1. The van der Waals surface area contributed by atoms with Gasteiger partial charge in [0.1, 0.15) is 6.61 Å². The molecule has 0 saturated carbocycles. The molecule has 0 fully saturated rings. The van der Waals surface area contributed by atoms with Gasteiger partial charge in [0.25, 0.3) is 0 Å². The normalized spacial score (nSPS) is 12.1. The van der Waals surface area contributed by atoms with Crippen molar-refractivity contribution in [2.24, 2.45) is 0 Å². The van der Waals surface area contributed by atoms with Crippen LogP contribution in [-0.4, -0.2) is 25.3 Å². The van der Waals surface area contributed by atoms with Crippen molar-refractivity contribution in [3.8, 4) is 0 Å². The molecule has 0 aliphatic carbocycles. The summed E-state index contributed by atoms with van der Waals surface area (Å²) in [5, 5.41) is 0. The second kappa shape index (κ2) is 10.7. The van der Waals surface area contributed by atoms with E-state index in [1.165, 1.54) is 18.9 Å². The fourth-order valence-electron chi connectivity index (χ4n) is 1.36. The van der Waals surface area contributed by atoms with Gasteiger partial charge in [0.05, 0.1) is 6.10 Å². The van der Waals surface area contributed by atoms with E-state index in [-0.39, 0.29) is 12.1 Å². The van der Waals surface area contributed by atoms with Crippen LogP contribution in [0.2, 0.25) is 0 Å². The lowest BCUT2D eigenvalue weighted by atomic mass is 10.1. The number of hydrogen-bond donors (Lipinski definition) is 0. The highest BCUT2D eigenvalue weighted by atomic mass is 16.6. The molecule has 0 bridgehead atoms. The van der Waals surface area contributed by atoms with Crippen LogP contribution in [0.4, 0.5) is 0 Å². The number of carbonyl (C=O) groups excluding carboxylic acids is 1. The Morgan fingerprint density at radius 3 is 2.62 bits per heavy atom. The van der Waals surface area contributed by atoms with Crippen molar-refractivity contribution in [3.05, 3.63) is 12.7 Å². The molecule has 0 aromatic carbocycles. The Kier molecular flexibility index (Phi) is 10.1. The number of esters is 1. The smallest absolute Gasteiger partial charge is 0.330 e. The lowest BCUT2D eigenvalue weighted by Crippen LogP contribution is -2.22. The molecule has 94 valence electrons. The van der Waals surface area contributed by atoms with E-state index in [2.05, 4.69) is 20.4 Å². The van der Waals surface area contributed by atoms with Gasteiger partial charge in [-0.15, -0.1) is 0 Å². The first-order chi connectivity index (χ1) is 7.74. The number of hydrogen-bond acceptors (Lipinski definition) is 3. The van der Waals surface area contributed by atoms with Gasteiger partial charge in [0.15, 0.2) is 0 Å². The summed E-state index contributed by atoms with van der Waals surface area (Å²) in [6.07, 6.45) is 6.67. The highest BCUT2D eigenvalue weighted by Crippen LogP contribution is 2.08. The third-order valence-corrected chi connectivity index (χ3v) is 2.27. The van der Waals surface area contributed by atoms with Crippen LogP contribution >= 0.6 is 0 Å². The van der Waals surface area contributed by atoms with Crippen molar-refractivity contribution in [1.82, 2.24) is 0 Å². The predicted molar refractivity (Wildman–Crippen MR) is 65.3 cm³/mol. The van der Waals surface area contributed by atoms with Crippen molar-refractivity contribution >= 4 is 5.97 Å². The summed E-state index contributed by atoms with van der Waals surface area (Å²) in [6.45, 7) is 8.66. The molecule has 3 nitrogen and oxygen atoms in total. The summed E-state index contributed by atoms with van der Waals surface area (Å²) in [5.74, 6) is -0.374. The van der Waals surface area contributed by atoms with Crippen molar-refractivity contribution in [1.29, 1.82) is 0 Å². The lowest BCUT2D eigenvalue weighted by Gasteiger charge is -2.17. The Hall–Kier alpha value is -0.830. The zero-order valence-corrected chi connectivity index (χ0v) is 10.5. The standard InChI is InChI=1S/C13H24O3/c1-4-7-8-9-12(15-10-5-2)11-16-13(14)6-3/h6,12H,3-5,7-11H2,1-2H3. The molecule has 0 amide bonds. The van der Waals surface area contributed by atoms with E-state index in [1.54, 1.807) is 0 Å². The molecular weight excluding hydrogens is 204 g/mol. The minimum Gasteiger partial charge on any atom is -0.460 e. The number of ether oxygens (including phenoxy) is 2. The second-order valence-electron chi connectivity index (χ2n) is 3.82. The van der Waals surface area contributed by atoms with Crippen LogP contribution in [0.3, 0.4) is 0 Å². The molecule has 0 saturated heterocycles. The molecule has 0 aromatic rings. The maximum absolute atomic E-state index is 10.9. The van der Waals surface area contributed by atoms with Gasteiger partial charge in [-0.05, 0) is 12.8 Å². The molecular formula is C13H24O3. The van der Waals surface area contributed by atoms with Crippen LogP contribution in [0.25, 0.3) is 0 Å². The molecule has 0 aliphatic heterocycles. The zero-order chi connectivity index (χ0) is 12.2.